The zero-order valence-corrected chi connectivity index (χ0v) is 18.2. The van der Waals surface area contributed by atoms with Crippen LogP contribution in [-0.4, -0.2) is 52.9 Å². The molecule has 0 rings (SSSR count). The molecule has 0 amide bonds. The van der Waals surface area contributed by atoms with Crippen molar-refractivity contribution in [3.05, 3.63) is 0 Å². The highest BCUT2D eigenvalue weighted by molar-refractivity contribution is 7.52. The SMILES string of the molecule is C.CCCCOCCCP(N(C(C)C)C(C)C)N(C(C)C)C(C)C. The average Bonchev–Trinajstić information content (AvgIpc) is 2.40. The van der Waals surface area contributed by atoms with E-state index in [1.165, 1.54) is 25.4 Å². The molecule has 4 heteroatoms. The molecule has 148 valence electrons. The maximum absolute atomic E-state index is 5.80. The van der Waals surface area contributed by atoms with Gasteiger partial charge in [-0.25, -0.2) is 0 Å². The normalized spacial score (nSPS) is 12.5. The van der Waals surface area contributed by atoms with Crippen molar-refractivity contribution in [3.63, 3.8) is 0 Å². The molecule has 0 radical (unpaired) electrons. The Morgan fingerprint density at radius 3 is 1.42 bits per heavy atom. The van der Waals surface area contributed by atoms with E-state index >= 15 is 0 Å². The van der Waals surface area contributed by atoms with Crippen LogP contribution < -0.4 is 0 Å². The molecular formula is C20H47N2OP. The minimum absolute atomic E-state index is 0. The van der Waals surface area contributed by atoms with Gasteiger partial charge >= 0.3 is 0 Å². The third kappa shape index (κ3) is 9.70. The van der Waals surface area contributed by atoms with E-state index in [4.69, 9.17) is 4.74 Å². The summed E-state index contributed by atoms with van der Waals surface area (Å²) in [6, 6.07) is 2.34. The average molecular weight is 363 g/mol. The Morgan fingerprint density at radius 2 is 1.08 bits per heavy atom. The molecule has 0 aliphatic carbocycles. The number of ether oxygens (including phenoxy) is 1. The summed E-state index contributed by atoms with van der Waals surface area (Å²) in [4.78, 5) is 0. The molecule has 3 nitrogen and oxygen atoms in total. The topological polar surface area (TPSA) is 15.7 Å². The predicted molar refractivity (Wildman–Crippen MR) is 113 cm³/mol. The Morgan fingerprint density at radius 1 is 0.708 bits per heavy atom. The molecule has 0 fully saturated rings. The minimum Gasteiger partial charge on any atom is -0.381 e. The van der Waals surface area contributed by atoms with Crippen molar-refractivity contribution in [2.45, 2.75) is 113 Å². The van der Waals surface area contributed by atoms with Gasteiger partial charge in [0.25, 0.3) is 0 Å². The van der Waals surface area contributed by atoms with Gasteiger partial charge in [-0.1, -0.05) is 20.8 Å². The van der Waals surface area contributed by atoms with Crippen LogP contribution in [-0.2, 0) is 4.74 Å². The fraction of sp³-hybridized carbons (Fsp3) is 1.00. The number of hydrogen-bond acceptors (Lipinski definition) is 3. The van der Waals surface area contributed by atoms with Gasteiger partial charge in [-0.3, -0.25) is 9.34 Å². The zero-order chi connectivity index (χ0) is 18.0. The van der Waals surface area contributed by atoms with Crippen LogP contribution in [0.2, 0.25) is 0 Å². The second kappa shape index (κ2) is 14.5. The number of nitrogens with zero attached hydrogens (tertiary/aromatic N) is 2. The van der Waals surface area contributed by atoms with Crippen molar-refractivity contribution in [1.29, 1.82) is 0 Å². The largest absolute Gasteiger partial charge is 0.381 e. The molecule has 0 aromatic rings. The molecule has 0 aromatic carbocycles. The Hall–Kier alpha value is 0.310. The molecule has 0 heterocycles. The van der Waals surface area contributed by atoms with Crippen LogP contribution in [0.5, 0.6) is 0 Å². The fourth-order valence-electron chi connectivity index (χ4n) is 3.27. The van der Waals surface area contributed by atoms with Crippen molar-refractivity contribution in [1.82, 2.24) is 9.34 Å². The molecule has 0 aliphatic heterocycles. The van der Waals surface area contributed by atoms with Gasteiger partial charge in [-0.2, -0.15) is 0 Å². The predicted octanol–water partition coefficient (Wildman–Crippen LogP) is 6.38. The third-order valence-electron chi connectivity index (χ3n) is 3.94. The third-order valence-corrected chi connectivity index (χ3v) is 7.57. The van der Waals surface area contributed by atoms with Crippen LogP contribution in [0.15, 0.2) is 0 Å². The van der Waals surface area contributed by atoms with Crippen molar-refractivity contribution >= 4 is 8.22 Å². The van der Waals surface area contributed by atoms with E-state index in [2.05, 4.69) is 71.7 Å². The second-order valence-corrected chi connectivity index (χ2v) is 9.67. The van der Waals surface area contributed by atoms with Crippen LogP contribution in [0.25, 0.3) is 0 Å². The van der Waals surface area contributed by atoms with Gasteiger partial charge in [0.05, 0.1) is 0 Å². The summed E-state index contributed by atoms with van der Waals surface area (Å²) in [7, 11) is -0.283. The Bertz CT molecular complexity index is 247. The summed E-state index contributed by atoms with van der Waals surface area (Å²) < 4.78 is 11.3. The summed E-state index contributed by atoms with van der Waals surface area (Å²) in [6.45, 7) is 22.8. The number of hydrogen-bond donors (Lipinski definition) is 0. The molecule has 0 aliphatic rings. The van der Waals surface area contributed by atoms with Crippen molar-refractivity contribution in [2.24, 2.45) is 0 Å². The maximum Gasteiger partial charge on any atom is 0.0470 e. The lowest BCUT2D eigenvalue weighted by Crippen LogP contribution is -2.43. The highest BCUT2D eigenvalue weighted by Crippen LogP contribution is 2.50. The molecular weight excluding hydrogens is 315 g/mol. The van der Waals surface area contributed by atoms with Crippen molar-refractivity contribution < 1.29 is 4.74 Å². The lowest BCUT2D eigenvalue weighted by molar-refractivity contribution is 0.131. The smallest absolute Gasteiger partial charge is 0.0470 e. The standard InChI is InChI=1S/C19H43N2OP.CH4/c1-10-11-13-22-14-12-15-23(20(16(2)3)17(4)5)21(18(6)7)19(8)9;/h16-19H,10-15H2,1-9H3;1H4. The molecule has 0 unspecified atom stereocenters. The van der Waals surface area contributed by atoms with Crippen molar-refractivity contribution in [3.8, 4) is 0 Å². The summed E-state index contributed by atoms with van der Waals surface area (Å²) >= 11 is 0. The summed E-state index contributed by atoms with van der Waals surface area (Å²) in [6.07, 6.45) is 4.81. The van der Waals surface area contributed by atoms with E-state index in [-0.39, 0.29) is 15.6 Å². The molecule has 0 bridgehead atoms. The molecule has 24 heavy (non-hydrogen) atoms. The molecule has 0 saturated heterocycles. The molecule has 0 aromatic heterocycles. The van der Waals surface area contributed by atoms with Crippen LogP contribution in [0.1, 0.15) is 89.0 Å². The summed E-state index contributed by atoms with van der Waals surface area (Å²) in [5.41, 5.74) is 0. The second-order valence-electron chi connectivity index (χ2n) is 7.55. The number of unbranched alkanes of at least 4 members (excludes halogenated alkanes) is 1. The first kappa shape index (κ1) is 26.5. The van der Waals surface area contributed by atoms with E-state index in [0.717, 1.165) is 13.2 Å². The highest BCUT2D eigenvalue weighted by Gasteiger charge is 2.31. The van der Waals surface area contributed by atoms with Gasteiger partial charge in [0.1, 0.15) is 0 Å². The van der Waals surface area contributed by atoms with Crippen LogP contribution in [0.3, 0.4) is 0 Å². The minimum atomic E-state index is -0.283. The van der Waals surface area contributed by atoms with E-state index in [1.54, 1.807) is 0 Å². The zero-order valence-electron chi connectivity index (χ0n) is 17.3. The van der Waals surface area contributed by atoms with Gasteiger partial charge in [-0.05, 0) is 74.4 Å². The van der Waals surface area contributed by atoms with Gasteiger partial charge in [0.15, 0.2) is 0 Å². The van der Waals surface area contributed by atoms with Crippen LogP contribution >= 0.6 is 8.22 Å². The van der Waals surface area contributed by atoms with E-state index in [0.29, 0.717) is 24.2 Å². The highest BCUT2D eigenvalue weighted by atomic mass is 31.1. The first-order valence-corrected chi connectivity index (χ1v) is 11.1. The van der Waals surface area contributed by atoms with E-state index in [1.807, 2.05) is 0 Å². The van der Waals surface area contributed by atoms with E-state index < -0.39 is 0 Å². The quantitative estimate of drug-likeness (QED) is 0.279. The lowest BCUT2D eigenvalue weighted by atomic mass is 10.3. The molecule has 0 N–H and O–H groups in total. The van der Waals surface area contributed by atoms with Gasteiger partial charge in [0.2, 0.25) is 0 Å². The Balaban J connectivity index is 0. The number of rotatable bonds is 13. The fourth-order valence-corrected chi connectivity index (χ4v) is 6.51. The van der Waals surface area contributed by atoms with Gasteiger partial charge in [-0.15, -0.1) is 0 Å². The van der Waals surface area contributed by atoms with E-state index in [9.17, 15) is 0 Å². The van der Waals surface area contributed by atoms with Gasteiger partial charge in [0, 0.05) is 45.6 Å². The molecule has 0 saturated carbocycles. The summed E-state index contributed by atoms with van der Waals surface area (Å²) in [5.74, 6) is 0. The van der Waals surface area contributed by atoms with Gasteiger partial charge < -0.3 is 4.74 Å². The monoisotopic (exact) mass is 362 g/mol. The Labute approximate surface area is 155 Å². The first-order valence-electron chi connectivity index (χ1n) is 9.65. The first-order chi connectivity index (χ1) is 10.7. The molecule has 0 spiro atoms. The maximum atomic E-state index is 5.80. The summed E-state index contributed by atoms with van der Waals surface area (Å²) in [5, 5.41) is 0. The van der Waals surface area contributed by atoms with Crippen LogP contribution in [0.4, 0.5) is 0 Å². The van der Waals surface area contributed by atoms with Crippen LogP contribution in [0, 0.1) is 0 Å². The Kier molecular flexibility index (Phi) is 16.0. The van der Waals surface area contributed by atoms with Crippen molar-refractivity contribution in [2.75, 3.05) is 19.4 Å². The lowest BCUT2D eigenvalue weighted by Gasteiger charge is -2.47. The molecule has 0 atom stereocenters.